The van der Waals surface area contributed by atoms with Gasteiger partial charge in [-0.2, -0.15) is 0 Å². The van der Waals surface area contributed by atoms with Crippen molar-refractivity contribution in [3.63, 3.8) is 0 Å². The van der Waals surface area contributed by atoms with Crippen molar-refractivity contribution in [1.29, 1.82) is 0 Å². The molecule has 0 bridgehead atoms. The van der Waals surface area contributed by atoms with Crippen LogP contribution in [0.25, 0.3) is 0 Å². The maximum absolute atomic E-state index is 4.82. The third-order valence-corrected chi connectivity index (χ3v) is 4.05. The van der Waals surface area contributed by atoms with Crippen LogP contribution in [0.2, 0.25) is 0 Å². The van der Waals surface area contributed by atoms with Crippen molar-refractivity contribution in [3.05, 3.63) is 35.9 Å². The van der Waals surface area contributed by atoms with Crippen molar-refractivity contribution in [2.75, 3.05) is 13.1 Å². The van der Waals surface area contributed by atoms with E-state index in [-0.39, 0.29) is 0 Å². The first-order valence-corrected chi connectivity index (χ1v) is 7.59. The number of benzene rings is 1. The van der Waals surface area contributed by atoms with E-state index in [9.17, 15) is 0 Å². The fraction of sp³-hybridized carbons (Fsp3) is 0.588. The highest BCUT2D eigenvalue weighted by Gasteiger charge is 2.31. The average Bonchev–Trinajstić information content (AvgIpc) is 2.43. The number of hydrogen-bond donors (Lipinski definition) is 1. The minimum atomic E-state index is 0.406. The van der Waals surface area contributed by atoms with E-state index in [1.165, 1.54) is 31.2 Å². The van der Waals surface area contributed by atoms with Gasteiger partial charge in [-0.25, -0.2) is 0 Å². The first kappa shape index (κ1) is 14.1. The van der Waals surface area contributed by atoms with Crippen LogP contribution in [0.3, 0.4) is 0 Å². The van der Waals surface area contributed by atoms with Gasteiger partial charge in [-0.1, -0.05) is 57.0 Å². The zero-order valence-electron chi connectivity index (χ0n) is 12.3. The number of amidine groups is 1. The summed E-state index contributed by atoms with van der Waals surface area (Å²) in [5, 5.41) is 3.58. The Balaban J connectivity index is 1.98. The van der Waals surface area contributed by atoms with E-state index in [2.05, 4.69) is 49.5 Å². The van der Waals surface area contributed by atoms with Crippen molar-refractivity contribution in [1.82, 2.24) is 5.32 Å². The monoisotopic (exact) mass is 258 g/mol. The Bertz CT molecular complexity index is 403. The summed E-state index contributed by atoms with van der Waals surface area (Å²) in [6, 6.07) is 10.6. The number of rotatable bonds is 6. The Labute approximate surface area is 117 Å². The zero-order chi connectivity index (χ0) is 13.6. The van der Waals surface area contributed by atoms with E-state index in [0.29, 0.717) is 5.41 Å². The summed E-state index contributed by atoms with van der Waals surface area (Å²) in [7, 11) is 0. The van der Waals surface area contributed by atoms with Crippen LogP contribution in [0, 0.1) is 5.41 Å². The highest BCUT2D eigenvalue weighted by Crippen LogP contribution is 2.31. The van der Waals surface area contributed by atoms with Crippen molar-refractivity contribution < 1.29 is 0 Å². The third kappa shape index (κ3) is 3.82. The lowest BCUT2D eigenvalue weighted by atomic mass is 9.78. The van der Waals surface area contributed by atoms with Gasteiger partial charge in [0, 0.05) is 24.9 Å². The van der Waals surface area contributed by atoms with Crippen LogP contribution in [0.15, 0.2) is 35.3 Å². The fourth-order valence-corrected chi connectivity index (χ4v) is 3.09. The molecule has 0 saturated heterocycles. The quantitative estimate of drug-likeness (QED) is 0.824. The van der Waals surface area contributed by atoms with Crippen LogP contribution in [0.4, 0.5) is 0 Å². The van der Waals surface area contributed by atoms with Gasteiger partial charge in [0.15, 0.2) is 0 Å². The van der Waals surface area contributed by atoms with Gasteiger partial charge >= 0.3 is 0 Å². The van der Waals surface area contributed by atoms with Crippen LogP contribution in [-0.2, 0) is 6.42 Å². The van der Waals surface area contributed by atoms with E-state index >= 15 is 0 Å². The molecule has 0 fully saturated rings. The highest BCUT2D eigenvalue weighted by molar-refractivity contribution is 5.85. The van der Waals surface area contributed by atoms with Gasteiger partial charge in [-0.3, -0.25) is 4.99 Å². The van der Waals surface area contributed by atoms with E-state index in [4.69, 9.17) is 4.99 Å². The molecule has 1 N–H and O–H groups in total. The summed E-state index contributed by atoms with van der Waals surface area (Å²) in [6.45, 7) is 6.66. The molecule has 2 heteroatoms. The first-order chi connectivity index (χ1) is 9.28. The second-order valence-corrected chi connectivity index (χ2v) is 5.78. The molecule has 0 radical (unpaired) electrons. The molecule has 0 unspecified atom stereocenters. The molecule has 1 aliphatic rings. The molecule has 1 aromatic rings. The molecular weight excluding hydrogens is 232 g/mol. The predicted octanol–water partition coefficient (Wildman–Crippen LogP) is 3.82. The van der Waals surface area contributed by atoms with E-state index in [1.54, 1.807) is 0 Å². The van der Waals surface area contributed by atoms with Gasteiger partial charge in [-0.05, 0) is 18.4 Å². The molecule has 0 aromatic heterocycles. The van der Waals surface area contributed by atoms with Crippen LogP contribution >= 0.6 is 0 Å². The average molecular weight is 258 g/mol. The van der Waals surface area contributed by atoms with E-state index < -0.39 is 0 Å². The third-order valence-electron chi connectivity index (χ3n) is 4.05. The molecule has 104 valence electrons. The molecule has 19 heavy (non-hydrogen) atoms. The van der Waals surface area contributed by atoms with Crippen LogP contribution < -0.4 is 5.32 Å². The predicted molar refractivity (Wildman–Crippen MR) is 82.7 cm³/mol. The molecule has 0 saturated carbocycles. The Morgan fingerprint density at radius 2 is 1.79 bits per heavy atom. The fourth-order valence-electron chi connectivity index (χ4n) is 3.09. The molecule has 0 spiro atoms. The molecule has 0 aliphatic carbocycles. The Hall–Kier alpha value is -1.31. The summed E-state index contributed by atoms with van der Waals surface area (Å²) in [5.74, 6) is 1.16. The number of nitrogens with zero attached hydrogens (tertiary/aromatic N) is 1. The van der Waals surface area contributed by atoms with Crippen LogP contribution in [0.1, 0.15) is 45.1 Å². The number of nitrogens with one attached hydrogen (secondary N) is 1. The molecule has 2 rings (SSSR count). The van der Waals surface area contributed by atoms with Gasteiger partial charge in [0.05, 0.1) is 0 Å². The van der Waals surface area contributed by atoms with E-state index in [1.807, 2.05) is 0 Å². The van der Waals surface area contributed by atoms with Crippen molar-refractivity contribution in [3.8, 4) is 0 Å². The minimum Gasteiger partial charge on any atom is -0.373 e. The Kier molecular flexibility index (Phi) is 5.00. The molecule has 2 nitrogen and oxygen atoms in total. The summed E-state index contributed by atoms with van der Waals surface area (Å²) >= 11 is 0. The zero-order valence-corrected chi connectivity index (χ0v) is 12.3. The van der Waals surface area contributed by atoms with Gasteiger partial charge in [0.2, 0.25) is 0 Å². The van der Waals surface area contributed by atoms with Gasteiger partial charge < -0.3 is 5.32 Å². The first-order valence-electron chi connectivity index (χ1n) is 7.59. The lowest BCUT2D eigenvalue weighted by molar-refractivity contribution is 0.236. The lowest BCUT2D eigenvalue weighted by Crippen LogP contribution is -2.45. The Morgan fingerprint density at radius 3 is 2.32 bits per heavy atom. The van der Waals surface area contributed by atoms with Crippen LogP contribution in [0.5, 0.6) is 0 Å². The lowest BCUT2D eigenvalue weighted by Gasteiger charge is -2.36. The normalized spacial score (nSPS) is 17.7. The minimum absolute atomic E-state index is 0.406. The van der Waals surface area contributed by atoms with Gasteiger partial charge in [0.1, 0.15) is 5.84 Å². The second-order valence-electron chi connectivity index (χ2n) is 5.78. The van der Waals surface area contributed by atoms with Crippen molar-refractivity contribution in [2.24, 2.45) is 10.4 Å². The molecular formula is C17H26N2. The molecule has 1 heterocycles. The van der Waals surface area contributed by atoms with Crippen LogP contribution in [-0.4, -0.2) is 18.9 Å². The standard InChI is InChI=1S/C17H26N2/c1-3-10-17(11-4-2)13-18-16(19-14-17)12-15-8-6-5-7-9-15/h5-9H,3-4,10-14H2,1-2H3,(H,18,19). The number of hydrogen-bond acceptors (Lipinski definition) is 2. The summed E-state index contributed by atoms with van der Waals surface area (Å²) in [4.78, 5) is 4.82. The highest BCUT2D eigenvalue weighted by atomic mass is 15.0. The second kappa shape index (κ2) is 6.74. The molecule has 1 aromatic carbocycles. The summed E-state index contributed by atoms with van der Waals surface area (Å²) in [6.07, 6.45) is 6.03. The molecule has 0 amide bonds. The maximum Gasteiger partial charge on any atom is 0.101 e. The maximum atomic E-state index is 4.82. The largest absolute Gasteiger partial charge is 0.373 e. The van der Waals surface area contributed by atoms with Gasteiger partial charge in [-0.15, -0.1) is 0 Å². The summed E-state index contributed by atoms with van der Waals surface area (Å²) in [5.41, 5.74) is 1.75. The van der Waals surface area contributed by atoms with Crippen molar-refractivity contribution in [2.45, 2.75) is 46.0 Å². The van der Waals surface area contributed by atoms with Gasteiger partial charge in [0.25, 0.3) is 0 Å². The SMILES string of the molecule is CCCC1(CCC)CN=C(Cc2ccccc2)NC1. The number of aliphatic imine (C=N–C) groups is 1. The van der Waals surface area contributed by atoms with E-state index in [0.717, 1.165) is 25.3 Å². The molecule has 1 aliphatic heterocycles. The Morgan fingerprint density at radius 1 is 1.11 bits per heavy atom. The summed E-state index contributed by atoms with van der Waals surface area (Å²) < 4.78 is 0. The topological polar surface area (TPSA) is 24.4 Å². The van der Waals surface area contributed by atoms with Crippen molar-refractivity contribution >= 4 is 5.84 Å². The molecule has 0 atom stereocenters. The smallest absolute Gasteiger partial charge is 0.101 e.